The van der Waals surface area contributed by atoms with Crippen molar-refractivity contribution in [3.05, 3.63) is 0 Å². The maximum Gasteiger partial charge on any atom is 0.0773 e. The molecule has 0 heterocycles. The zero-order valence-corrected chi connectivity index (χ0v) is 24.3. The highest BCUT2D eigenvalue weighted by Gasteiger charge is 2.04. The molecule has 0 spiro atoms. The second kappa shape index (κ2) is 33.7. The molecule has 0 aliphatic rings. The van der Waals surface area contributed by atoms with Gasteiger partial charge in [-0.15, -0.1) is 0 Å². The van der Waals surface area contributed by atoms with Crippen molar-refractivity contribution in [1.82, 2.24) is 0 Å². The molecule has 0 saturated heterocycles. The van der Waals surface area contributed by atoms with E-state index in [4.69, 9.17) is 28.8 Å². The van der Waals surface area contributed by atoms with Crippen LogP contribution in [0.5, 0.6) is 0 Å². The van der Waals surface area contributed by atoms with Gasteiger partial charge in [-0.1, -0.05) is 110 Å². The molecule has 37 heavy (non-hydrogen) atoms. The lowest BCUT2D eigenvalue weighted by Crippen LogP contribution is -2.18. The summed E-state index contributed by atoms with van der Waals surface area (Å²) in [4.78, 5) is 0. The summed E-state index contributed by atoms with van der Waals surface area (Å²) in [5.41, 5.74) is 0. The van der Waals surface area contributed by atoms with Crippen LogP contribution in [-0.2, 0) is 23.7 Å². The third-order valence-electron chi connectivity index (χ3n) is 6.42. The molecule has 0 saturated carbocycles. The Hall–Kier alpha value is -0.280. The third kappa shape index (κ3) is 33.7. The largest absolute Gasteiger partial charge is 0.394 e. The van der Waals surface area contributed by atoms with Crippen molar-refractivity contribution in [3.8, 4) is 0 Å². The van der Waals surface area contributed by atoms with Crippen LogP contribution in [0.4, 0.5) is 0 Å². The number of aliphatic hydroxyl groups excluding tert-OH is 2. The van der Waals surface area contributed by atoms with Crippen LogP contribution >= 0.6 is 0 Å². The van der Waals surface area contributed by atoms with Gasteiger partial charge in [-0.25, -0.2) is 0 Å². The highest BCUT2D eigenvalue weighted by atomic mass is 16.6. The second-order valence-electron chi connectivity index (χ2n) is 9.99. The van der Waals surface area contributed by atoms with Crippen molar-refractivity contribution in [3.63, 3.8) is 0 Å². The zero-order valence-electron chi connectivity index (χ0n) is 24.3. The summed E-state index contributed by atoms with van der Waals surface area (Å²) in [5.74, 6) is 0. The first-order valence-corrected chi connectivity index (χ1v) is 15.5. The Morgan fingerprint density at radius 1 is 0.432 bits per heavy atom. The lowest BCUT2D eigenvalue weighted by atomic mass is 10.0. The monoisotopic (exact) mass is 534 g/mol. The van der Waals surface area contributed by atoms with Crippen LogP contribution in [0.25, 0.3) is 0 Å². The summed E-state index contributed by atoms with van der Waals surface area (Å²) in [7, 11) is 0. The lowest BCUT2D eigenvalue weighted by Gasteiger charge is -2.11. The Bertz CT molecular complexity index is 398. The molecule has 0 amide bonds. The minimum absolute atomic E-state index is 0.0360. The summed E-state index contributed by atoms with van der Waals surface area (Å²) in [6, 6.07) is 0. The summed E-state index contributed by atoms with van der Waals surface area (Å²) < 4.78 is 26.8. The molecule has 2 N–H and O–H groups in total. The Morgan fingerprint density at radius 2 is 0.757 bits per heavy atom. The minimum Gasteiger partial charge on any atom is -0.394 e. The van der Waals surface area contributed by atoms with E-state index in [1.54, 1.807) is 0 Å². The van der Waals surface area contributed by atoms with E-state index in [1.807, 2.05) is 0 Å². The molecule has 7 nitrogen and oxygen atoms in total. The van der Waals surface area contributed by atoms with E-state index in [1.165, 1.54) is 96.3 Å². The van der Waals surface area contributed by atoms with Gasteiger partial charge in [0.15, 0.2) is 0 Å². The van der Waals surface area contributed by atoms with Crippen molar-refractivity contribution >= 4 is 0 Å². The van der Waals surface area contributed by atoms with Crippen molar-refractivity contribution in [1.29, 1.82) is 0 Å². The molecule has 1 atom stereocenters. The van der Waals surface area contributed by atoms with Crippen LogP contribution < -0.4 is 0 Å². The van der Waals surface area contributed by atoms with Crippen molar-refractivity contribution in [2.75, 3.05) is 72.7 Å². The molecular formula is C30H62O7. The average Bonchev–Trinajstić information content (AvgIpc) is 2.90. The molecule has 0 radical (unpaired) electrons. The summed E-state index contributed by atoms with van der Waals surface area (Å²) in [6.45, 7) is 7.11. The maximum absolute atomic E-state index is 10.1. The molecule has 0 fully saturated rings. The van der Waals surface area contributed by atoms with Gasteiger partial charge < -0.3 is 33.9 Å². The van der Waals surface area contributed by atoms with E-state index in [-0.39, 0.29) is 12.7 Å². The first-order chi connectivity index (χ1) is 18.3. The standard InChI is InChI=1S/C30H62O7/c1-2-3-4-5-6-7-8-9-10-11-12-13-14-15-16-17-18-30(32)29-37-28-27-36-26-25-35-24-23-34-22-21-33-20-19-31/h30-32H,2-29H2,1H3. The van der Waals surface area contributed by atoms with Crippen molar-refractivity contribution < 1.29 is 33.9 Å². The first kappa shape index (κ1) is 36.7. The van der Waals surface area contributed by atoms with E-state index in [2.05, 4.69) is 6.92 Å². The van der Waals surface area contributed by atoms with E-state index >= 15 is 0 Å². The lowest BCUT2D eigenvalue weighted by molar-refractivity contribution is -0.0229. The Balaban J connectivity index is 3.13. The number of hydrogen-bond acceptors (Lipinski definition) is 7. The molecule has 0 aromatic rings. The van der Waals surface area contributed by atoms with E-state index in [9.17, 15) is 5.11 Å². The fourth-order valence-electron chi connectivity index (χ4n) is 4.17. The highest BCUT2D eigenvalue weighted by Crippen LogP contribution is 2.14. The number of unbranched alkanes of at least 4 members (excludes halogenated alkanes) is 15. The number of ether oxygens (including phenoxy) is 5. The van der Waals surface area contributed by atoms with Crippen molar-refractivity contribution in [2.24, 2.45) is 0 Å². The zero-order chi connectivity index (χ0) is 26.9. The first-order valence-electron chi connectivity index (χ1n) is 15.5. The van der Waals surface area contributed by atoms with Gasteiger partial charge in [0.05, 0.1) is 78.8 Å². The quantitative estimate of drug-likeness (QED) is 0.0988. The van der Waals surface area contributed by atoms with Crippen molar-refractivity contribution in [2.45, 2.75) is 122 Å². The molecule has 1 unspecified atom stereocenters. The second-order valence-corrected chi connectivity index (χ2v) is 9.99. The Kier molecular flexibility index (Phi) is 33.5. The summed E-state index contributed by atoms with van der Waals surface area (Å²) in [5, 5.41) is 18.6. The Labute approximate surface area is 228 Å². The number of hydrogen-bond donors (Lipinski definition) is 2. The smallest absolute Gasteiger partial charge is 0.0773 e. The van der Waals surface area contributed by atoms with Crippen LogP contribution in [0.2, 0.25) is 0 Å². The van der Waals surface area contributed by atoms with Crippen LogP contribution in [0.3, 0.4) is 0 Å². The van der Waals surface area contributed by atoms with Gasteiger partial charge in [-0.3, -0.25) is 0 Å². The average molecular weight is 535 g/mol. The van der Waals surface area contributed by atoms with Gasteiger partial charge in [0, 0.05) is 0 Å². The third-order valence-corrected chi connectivity index (χ3v) is 6.42. The predicted octanol–water partition coefficient (Wildman–Crippen LogP) is 6.07. The number of rotatable bonds is 33. The molecule has 0 bridgehead atoms. The van der Waals surface area contributed by atoms with Crippen LogP contribution in [-0.4, -0.2) is 89.0 Å². The van der Waals surface area contributed by atoms with Gasteiger partial charge in [0.25, 0.3) is 0 Å². The molecule has 0 rings (SSSR count). The SMILES string of the molecule is CCCCCCCCCCCCCCCCCCC(O)COCCOCCOCCOCCOCCO. The molecule has 0 aliphatic heterocycles. The molecule has 0 aliphatic carbocycles. The van der Waals surface area contributed by atoms with Gasteiger partial charge in [0.1, 0.15) is 0 Å². The minimum atomic E-state index is -0.371. The molecular weight excluding hydrogens is 472 g/mol. The van der Waals surface area contributed by atoms with Crippen LogP contribution in [0.15, 0.2) is 0 Å². The van der Waals surface area contributed by atoms with Gasteiger partial charge in [-0.05, 0) is 6.42 Å². The van der Waals surface area contributed by atoms with E-state index in [0.29, 0.717) is 66.1 Å². The van der Waals surface area contributed by atoms with Gasteiger partial charge in [0.2, 0.25) is 0 Å². The van der Waals surface area contributed by atoms with Crippen LogP contribution in [0, 0.1) is 0 Å². The fourth-order valence-corrected chi connectivity index (χ4v) is 4.17. The summed E-state index contributed by atoms with van der Waals surface area (Å²) in [6.07, 6.45) is 22.3. The normalized spacial score (nSPS) is 12.4. The maximum atomic E-state index is 10.1. The Morgan fingerprint density at radius 3 is 1.14 bits per heavy atom. The van der Waals surface area contributed by atoms with Gasteiger partial charge in [-0.2, -0.15) is 0 Å². The van der Waals surface area contributed by atoms with Gasteiger partial charge >= 0.3 is 0 Å². The predicted molar refractivity (Wildman–Crippen MR) is 151 cm³/mol. The molecule has 0 aromatic carbocycles. The van der Waals surface area contributed by atoms with E-state index in [0.717, 1.165) is 12.8 Å². The summed E-state index contributed by atoms with van der Waals surface area (Å²) >= 11 is 0. The molecule has 224 valence electrons. The highest BCUT2D eigenvalue weighted by molar-refractivity contribution is 4.55. The molecule has 7 heteroatoms. The topological polar surface area (TPSA) is 86.6 Å². The van der Waals surface area contributed by atoms with E-state index < -0.39 is 0 Å². The van der Waals surface area contributed by atoms with Crippen LogP contribution in [0.1, 0.15) is 116 Å². The fraction of sp³-hybridized carbons (Fsp3) is 1.00. The number of aliphatic hydroxyl groups is 2. The molecule has 0 aromatic heterocycles.